The number of morpholine rings is 1. The van der Waals surface area contributed by atoms with Crippen LogP contribution < -0.4 is 10.1 Å². The van der Waals surface area contributed by atoms with Crippen LogP contribution in [0.25, 0.3) is 33.4 Å². The zero-order valence-electron chi connectivity index (χ0n) is 19.9. The Morgan fingerprint density at radius 2 is 1.97 bits per heavy atom. The average molecular weight is 490 g/mol. The average Bonchev–Trinajstić information content (AvgIpc) is 3.32. The van der Waals surface area contributed by atoms with E-state index in [9.17, 15) is 4.79 Å². The molecule has 0 unspecified atom stereocenters. The van der Waals surface area contributed by atoms with Crippen LogP contribution in [0.1, 0.15) is 6.92 Å². The van der Waals surface area contributed by atoms with Gasteiger partial charge >= 0.3 is 12.1 Å². The summed E-state index contributed by atoms with van der Waals surface area (Å²) in [5.74, 6) is 0.290. The molecule has 1 saturated heterocycles. The topological polar surface area (TPSA) is 127 Å². The highest BCUT2D eigenvalue weighted by atomic mass is 16.5. The van der Waals surface area contributed by atoms with E-state index in [0.29, 0.717) is 18.1 Å². The molecule has 1 aromatic carbocycles. The first-order valence-electron chi connectivity index (χ1n) is 11.8. The quantitative estimate of drug-likeness (QED) is 0.383. The number of benzene rings is 1. The number of anilines is 1. The van der Waals surface area contributed by atoms with Gasteiger partial charge in [-0.15, -0.1) is 0 Å². The molecule has 36 heavy (non-hydrogen) atoms. The van der Waals surface area contributed by atoms with Crippen LogP contribution in [0.3, 0.4) is 0 Å². The number of pyridine rings is 1. The molecule has 0 radical (unpaired) electrons. The molecule has 1 aliphatic heterocycles. The fourth-order valence-corrected chi connectivity index (χ4v) is 3.96. The summed E-state index contributed by atoms with van der Waals surface area (Å²) in [5.41, 5.74) is 4.66. The Kier molecular flexibility index (Phi) is 7.29. The Bertz CT molecular complexity index is 1310. The highest BCUT2D eigenvalue weighted by molar-refractivity contribution is 5.97. The van der Waals surface area contributed by atoms with Gasteiger partial charge in [-0.1, -0.05) is 6.07 Å². The highest BCUT2D eigenvalue weighted by Gasteiger charge is 2.15. The third-order valence-electron chi connectivity index (χ3n) is 5.73. The Morgan fingerprint density at radius 3 is 2.72 bits per heavy atom. The summed E-state index contributed by atoms with van der Waals surface area (Å²) in [6.07, 6.45) is 4.61. The normalized spacial score (nSPS) is 14.0. The van der Waals surface area contributed by atoms with Crippen LogP contribution in [0, 0.1) is 0 Å². The number of hydrogen-bond acceptors (Lipinski definition) is 9. The number of nitrogens with zero attached hydrogens (tertiary/aromatic N) is 5. The van der Waals surface area contributed by atoms with Crippen molar-refractivity contribution in [2.45, 2.75) is 6.92 Å². The molecule has 1 amide bonds. The van der Waals surface area contributed by atoms with Crippen molar-refractivity contribution in [3.63, 3.8) is 0 Å². The predicted molar refractivity (Wildman–Crippen MR) is 134 cm³/mol. The lowest BCUT2D eigenvalue weighted by atomic mass is 10.0. The first-order chi connectivity index (χ1) is 17.7. The van der Waals surface area contributed by atoms with E-state index in [1.165, 1.54) is 0 Å². The molecule has 5 rings (SSSR count). The van der Waals surface area contributed by atoms with Crippen molar-refractivity contribution in [3.8, 4) is 28.4 Å². The summed E-state index contributed by atoms with van der Waals surface area (Å²) in [6.45, 7) is 6.66. The molecule has 0 bridgehead atoms. The third kappa shape index (κ3) is 5.58. The number of hydrogen-bond donors (Lipinski definition) is 2. The molecule has 2 N–H and O–H groups in total. The standard InChI is InChI=1S/C25H27N7O4/c1-2-35-25(33)31-23-29-21-14-17(13-19(22(21)30-23)20-5-3-4-6-26-20)18-15-27-24(28-16-18)36-12-9-32-7-10-34-11-8-32/h3-6,13-16H,2,7-12H2,1H3,(H2,29,30,31,33). The minimum Gasteiger partial charge on any atom is -0.462 e. The lowest BCUT2D eigenvalue weighted by Gasteiger charge is -2.26. The first kappa shape index (κ1) is 23.6. The summed E-state index contributed by atoms with van der Waals surface area (Å²) in [5, 5.41) is 2.62. The lowest BCUT2D eigenvalue weighted by molar-refractivity contribution is 0.0317. The van der Waals surface area contributed by atoms with Crippen molar-refractivity contribution in [2.75, 3.05) is 51.4 Å². The van der Waals surface area contributed by atoms with E-state index in [4.69, 9.17) is 14.2 Å². The maximum atomic E-state index is 11.9. The molecule has 0 atom stereocenters. The SMILES string of the molecule is CCOC(=O)Nc1nc2cc(-c3cnc(OCCN4CCOCC4)nc3)cc(-c3ccccn3)c2[nH]1. The largest absolute Gasteiger partial charge is 0.462 e. The number of imidazole rings is 1. The highest BCUT2D eigenvalue weighted by Crippen LogP contribution is 2.32. The molecule has 0 saturated carbocycles. The number of ether oxygens (including phenoxy) is 3. The zero-order valence-corrected chi connectivity index (χ0v) is 19.9. The van der Waals surface area contributed by atoms with Crippen molar-refractivity contribution in [1.82, 2.24) is 29.8 Å². The molecular formula is C25H27N7O4. The van der Waals surface area contributed by atoms with Gasteiger partial charge in [0.25, 0.3) is 0 Å². The predicted octanol–water partition coefficient (Wildman–Crippen LogP) is 3.36. The minimum atomic E-state index is -0.575. The number of carbonyl (C=O) groups is 1. The van der Waals surface area contributed by atoms with Crippen molar-refractivity contribution >= 4 is 23.1 Å². The summed E-state index contributed by atoms with van der Waals surface area (Å²) in [7, 11) is 0. The Morgan fingerprint density at radius 1 is 1.14 bits per heavy atom. The molecule has 1 aliphatic rings. The monoisotopic (exact) mass is 489 g/mol. The Hall–Kier alpha value is -4.09. The molecule has 3 aromatic heterocycles. The van der Waals surface area contributed by atoms with Crippen LogP contribution in [-0.2, 0) is 9.47 Å². The van der Waals surface area contributed by atoms with Gasteiger partial charge in [0.2, 0.25) is 5.95 Å². The number of carbonyl (C=O) groups excluding carboxylic acids is 1. The first-order valence-corrected chi connectivity index (χ1v) is 11.8. The van der Waals surface area contributed by atoms with Crippen molar-refractivity contribution in [1.29, 1.82) is 0 Å². The summed E-state index contributed by atoms with van der Waals surface area (Å²) >= 11 is 0. The van der Waals surface area contributed by atoms with Gasteiger partial charge in [0, 0.05) is 49.4 Å². The molecule has 1 fully saturated rings. The number of fused-ring (bicyclic) bond motifs is 1. The van der Waals surface area contributed by atoms with Crippen LogP contribution >= 0.6 is 0 Å². The van der Waals surface area contributed by atoms with Gasteiger partial charge in [-0.25, -0.2) is 19.7 Å². The second-order valence-electron chi connectivity index (χ2n) is 8.12. The van der Waals surface area contributed by atoms with Gasteiger partial charge in [-0.3, -0.25) is 15.2 Å². The van der Waals surface area contributed by atoms with E-state index in [0.717, 1.165) is 60.7 Å². The van der Waals surface area contributed by atoms with E-state index in [2.05, 4.69) is 35.1 Å². The van der Waals surface area contributed by atoms with E-state index in [1.54, 1.807) is 25.5 Å². The van der Waals surface area contributed by atoms with E-state index in [1.807, 2.05) is 30.3 Å². The molecule has 11 heteroatoms. The smallest absolute Gasteiger partial charge is 0.413 e. The van der Waals surface area contributed by atoms with Crippen molar-refractivity contribution in [3.05, 3.63) is 48.9 Å². The molecule has 11 nitrogen and oxygen atoms in total. The molecule has 4 heterocycles. The van der Waals surface area contributed by atoms with Crippen LogP contribution in [0.15, 0.2) is 48.9 Å². The number of aromatic nitrogens is 5. The van der Waals surface area contributed by atoms with Gasteiger partial charge in [-0.05, 0) is 36.8 Å². The fraction of sp³-hybridized carbons (Fsp3) is 0.320. The molecule has 0 spiro atoms. The second-order valence-corrected chi connectivity index (χ2v) is 8.12. The summed E-state index contributed by atoms with van der Waals surface area (Å²) in [4.78, 5) is 35.2. The molecule has 4 aromatic rings. The minimum absolute atomic E-state index is 0.266. The van der Waals surface area contributed by atoms with Crippen molar-refractivity contribution < 1.29 is 19.0 Å². The van der Waals surface area contributed by atoms with Crippen LogP contribution in [0.5, 0.6) is 6.01 Å². The van der Waals surface area contributed by atoms with Gasteiger partial charge in [-0.2, -0.15) is 0 Å². The van der Waals surface area contributed by atoms with Gasteiger partial charge < -0.3 is 19.2 Å². The maximum Gasteiger partial charge on any atom is 0.413 e. The Balaban J connectivity index is 1.38. The lowest BCUT2D eigenvalue weighted by Crippen LogP contribution is -2.38. The van der Waals surface area contributed by atoms with Gasteiger partial charge in [0.1, 0.15) is 6.61 Å². The molecular weight excluding hydrogens is 462 g/mol. The van der Waals surface area contributed by atoms with Crippen LogP contribution in [0.4, 0.5) is 10.7 Å². The number of aromatic amines is 1. The molecule has 0 aliphatic carbocycles. The maximum absolute atomic E-state index is 11.9. The summed E-state index contributed by atoms with van der Waals surface area (Å²) < 4.78 is 16.1. The number of H-pyrrole nitrogens is 1. The van der Waals surface area contributed by atoms with E-state index >= 15 is 0 Å². The van der Waals surface area contributed by atoms with Crippen LogP contribution in [-0.4, -0.2) is 82.0 Å². The van der Waals surface area contributed by atoms with Crippen LogP contribution in [0.2, 0.25) is 0 Å². The van der Waals surface area contributed by atoms with E-state index in [-0.39, 0.29) is 12.6 Å². The molecule has 186 valence electrons. The van der Waals surface area contributed by atoms with Gasteiger partial charge in [0.05, 0.1) is 36.5 Å². The third-order valence-corrected chi connectivity index (χ3v) is 5.73. The zero-order chi connectivity index (χ0) is 24.7. The number of nitrogens with one attached hydrogen (secondary N) is 2. The van der Waals surface area contributed by atoms with Crippen molar-refractivity contribution in [2.24, 2.45) is 0 Å². The van der Waals surface area contributed by atoms with E-state index < -0.39 is 6.09 Å². The number of amides is 1. The number of rotatable bonds is 8. The Labute approximate surface area is 207 Å². The fourth-order valence-electron chi connectivity index (χ4n) is 3.96. The second kappa shape index (κ2) is 11.1. The summed E-state index contributed by atoms with van der Waals surface area (Å²) in [6, 6.07) is 9.93. The van der Waals surface area contributed by atoms with Gasteiger partial charge in [0.15, 0.2) is 0 Å².